The van der Waals surface area contributed by atoms with Crippen molar-refractivity contribution in [2.24, 2.45) is 0 Å². The standard InChI is InChI=1S/C59H34N4O/c1-6-20-42-35(13-1)29-32-51-53(42)47-30-27-36-14-2-7-21-43(36)55(47)63(51)59-61-57(40-18-11-17-38(33-40)50-34-39-16-4-5-19-41(39)45-23-9-10-24-46(45)50)60-58(62-59)49-25-12-26-52-54(49)48-31-28-37-15-3-8-22-44(37)56(48)64-52/h1-34H. The molecule has 5 nitrogen and oxygen atoms in total. The van der Waals surface area contributed by atoms with Gasteiger partial charge < -0.3 is 4.42 Å². The maximum Gasteiger partial charge on any atom is 0.238 e. The van der Waals surface area contributed by atoms with Crippen molar-refractivity contribution in [2.45, 2.75) is 0 Å². The van der Waals surface area contributed by atoms with Crippen molar-refractivity contribution in [3.8, 4) is 39.9 Å². The Morgan fingerprint density at radius 1 is 0.344 bits per heavy atom. The fourth-order valence-corrected chi connectivity index (χ4v) is 10.3. The number of benzene rings is 11. The fraction of sp³-hybridized carbons (Fsp3) is 0. The van der Waals surface area contributed by atoms with Crippen LogP contribution in [0.3, 0.4) is 0 Å². The van der Waals surface area contributed by atoms with E-state index in [9.17, 15) is 0 Å². The molecule has 0 aliphatic rings. The normalized spacial score (nSPS) is 12.1. The van der Waals surface area contributed by atoms with E-state index in [0.29, 0.717) is 17.6 Å². The van der Waals surface area contributed by atoms with Crippen molar-refractivity contribution in [3.63, 3.8) is 0 Å². The van der Waals surface area contributed by atoms with Gasteiger partial charge in [-0.05, 0) is 84.5 Å². The van der Waals surface area contributed by atoms with Crippen molar-refractivity contribution < 1.29 is 4.42 Å². The number of hydrogen-bond donors (Lipinski definition) is 0. The Kier molecular flexibility index (Phi) is 7.33. The van der Waals surface area contributed by atoms with Gasteiger partial charge in [-0.15, -0.1) is 0 Å². The minimum Gasteiger partial charge on any atom is -0.455 e. The van der Waals surface area contributed by atoms with Crippen LogP contribution in [0.1, 0.15) is 0 Å². The first-order valence-corrected chi connectivity index (χ1v) is 21.7. The highest BCUT2D eigenvalue weighted by molar-refractivity contribution is 6.26. The Balaban J connectivity index is 1.08. The van der Waals surface area contributed by atoms with Crippen LogP contribution in [0.4, 0.5) is 0 Å². The zero-order valence-corrected chi connectivity index (χ0v) is 34.3. The lowest BCUT2D eigenvalue weighted by Crippen LogP contribution is -2.07. The zero-order chi connectivity index (χ0) is 41.9. The van der Waals surface area contributed by atoms with Crippen molar-refractivity contribution in [3.05, 3.63) is 206 Å². The molecule has 14 aromatic rings. The van der Waals surface area contributed by atoms with Gasteiger partial charge in [0, 0.05) is 43.4 Å². The minimum absolute atomic E-state index is 0.545. The largest absolute Gasteiger partial charge is 0.455 e. The lowest BCUT2D eigenvalue weighted by molar-refractivity contribution is 0.672. The molecule has 64 heavy (non-hydrogen) atoms. The van der Waals surface area contributed by atoms with Crippen LogP contribution in [0.5, 0.6) is 0 Å². The molecule has 3 aromatic heterocycles. The highest BCUT2D eigenvalue weighted by atomic mass is 16.3. The molecule has 11 aromatic carbocycles. The molecule has 0 fully saturated rings. The van der Waals surface area contributed by atoms with Gasteiger partial charge in [0.2, 0.25) is 5.95 Å². The van der Waals surface area contributed by atoms with Crippen LogP contribution in [0, 0.1) is 0 Å². The van der Waals surface area contributed by atoms with Crippen LogP contribution in [-0.4, -0.2) is 19.5 Å². The van der Waals surface area contributed by atoms with Gasteiger partial charge in [-0.1, -0.05) is 176 Å². The van der Waals surface area contributed by atoms with E-state index in [0.717, 1.165) is 82.2 Å². The molecular weight excluding hydrogens is 781 g/mol. The fourth-order valence-electron chi connectivity index (χ4n) is 10.3. The Morgan fingerprint density at radius 3 is 1.78 bits per heavy atom. The van der Waals surface area contributed by atoms with Crippen LogP contribution in [-0.2, 0) is 0 Å². The maximum atomic E-state index is 6.70. The Bertz CT molecular complexity index is 4270. The first-order chi connectivity index (χ1) is 31.7. The third-order valence-corrected chi connectivity index (χ3v) is 13.2. The van der Waals surface area contributed by atoms with Crippen molar-refractivity contribution in [1.82, 2.24) is 19.5 Å². The molecule has 14 rings (SSSR count). The molecule has 296 valence electrons. The zero-order valence-electron chi connectivity index (χ0n) is 34.3. The monoisotopic (exact) mass is 814 g/mol. The van der Waals surface area contributed by atoms with Gasteiger partial charge in [0.05, 0.1) is 11.0 Å². The van der Waals surface area contributed by atoms with Crippen LogP contribution >= 0.6 is 0 Å². The summed E-state index contributed by atoms with van der Waals surface area (Å²) in [5.41, 5.74) is 7.75. The lowest BCUT2D eigenvalue weighted by Gasteiger charge is -2.14. The Hall–Kier alpha value is -8.67. The maximum absolute atomic E-state index is 6.70. The second kappa shape index (κ2) is 13.4. The molecule has 0 radical (unpaired) electrons. The SMILES string of the molecule is c1cc(-c2nc(-c3cccc4oc5c6ccccc6ccc5c34)nc(-n3c4ccc5ccccc5c4c4ccc5ccccc5c43)n2)cc(-c2cc3ccccc3c3ccccc23)c1. The topological polar surface area (TPSA) is 56.7 Å². The molecule has 0 aliphatic carbocycles. The van der Waals surface area contributed by atoms with Gasteiger partial charge >= 0.3 is 0 Å². The Morgan fingerprint density at radius 2 is 0.953 bits per heavy atom. The molecule has 3 heterocycles. The van der Waals surface area contributed by atoms with Crippen LogP contribution in [0.2, 0.25) is 0 Å². The number of aromatic nitrogens is 4. The summed E-state index contributed by atoms with van der Waals surface area (Å²) in [7, 11) is 0. The average Bonchev–Trinajstić information content (AvgIpc) is 3.93. The smallest absolute Gasteiger partial charge is 0.238 e. The summed E-state index contributed by atoms with van der Waals surface area (Å²) in [5, 5.41) is 16.0. The number of hydrogen-bond acceptors (Lipinski definition) is 4. The van der Waals surface area contributed by atoms with Crippen molar-refractivity contribution in [1.29, 1.82) is 0 Å². The molecule has 0 saturated heterocycles. The van der Waals surface area contributed by atoms with Crippen molar-refractivity contribution in [2.75, 3.05) is 0 Å². The second-order valence-corrected chi connectivity index (χ2v) is 16.7. The molecule has 0 amide bonds. The van der Waals surface area contributed by atoms with Crippen LogP contribution in [0.25, 0.3) is 137 Å². The molecule has 0 unspecified atom stereocenters. The quantitative estimate of drug-likeness (QED) is 0.166. The first kappa shape index (κ1) is 35.0. The molecule has 0 N–H and O–H groups in total. The summed E-state index contributed by atoms with van der Waals surface area (Å²) in [5.74, 6) is 1.70. The first-order valence-electron chi connectivity index (χ1n) is 21.7. The average molecular weight is 815 g/mol. The summed E-state index contributed by atoms with van der Waals surface area (Å²) in [6.45, 7) is 0. The molecule has 0 spiro atoms. The second-order valence-electron chi connectivity index (χ2n) is 16.7. The number of fused-ring (bicyclic) bond motifs is 15. The molecular formula is C59H34N4O. The number of furan rings is 1. The number of nitrogens with zero attached hydrogens (tertiary/aromatic N) is 4. The van der Waals surface area contributed by atoms with Crippen molar-refractivity contribution >= 4 is 97.6 Å². The number of rotatable bonds is 4. The van der Waals surface area contributed by atoms with Gasteiger partial charge in [0.15, 0.2) is 11.6 Å². The molecule has 0 saturated carbocycles. The summed E-state index contributed by atoms with van der Waals surface area (Å²) in [4.78, 5) is 16.4. The summed E-state index contributed by atoms with van der Waals surface area (Å²) < 4.78 is 8.96. The van der Waals surface area contributed by atoms with E-state index >= 15 is 0 Å². The van der Waals surface area contributed by atoms with E-state index in [4.69, 9.17) is 19.4 Å². The van der Waals surface area contributed by atoms with E-state index < -0.39 is 0 Å². The van der Waals surface area contributed by atoms with Crippen LogP contribution in [0.15, 0.2) is 211 Å². The summed E-state index contributed by atoms with van der Waals surface area (Å²) in [6.07, 6.45) is 0. The van der Waals surface area contributed by atoms with Crippen LogP contribution < -0.4 is 0 Å². The molecule has 0 aliphatic heterocycles. The van der Waals surface area contributed by atoms with E-state index in [2.05, 4.69) is 199 Å². The highest BCUT2D eigenvalue weighted by Crippen LogP contribution is 2.43. The van der Waals surface area contributed by atoms with E-state index in [-0.39, 0.29) is 0 Å². The van der Waals surface area contributed by atoms with Gasteiger partial charge in [0.1, 0.15) is 11.2 Å². The van der Waals surface area contributed by atoms with Gasteiger partial charge in [0.25, 0.3) is 0 Å². The summed E-state index contributed by atoms with van der Waals surface area (Å²) in [6, 6.07) is 73.3. The van der Waals surface area contributed by atoms with Gasteiger partial charge in [-0.2, -0.15) is 9.97 Å². The van der Waals surface area contributed by atoms with Gasteiger partial charge in [-0.3, -0.25) is 4.57 Å². The molecule has 5 heteroatoms. The lowest BCUT2D eigenvalue weighted by atomic mass is 9.92. The van der Waals surface area contributed by atoms with E-state index in [1.165, 1.54) is 37.7 Å². The molecule has 0 atom stereocenters. The predicted octanol–water partition coefficient (Wildman–Crippen LogP) is 15.6. The highest BCUT2D eigenvalue weighted by Gasteiger charge is 2.23. The predicted molar refractivity (Wildman–Crippen MR) is 265 cm³/mol. The van der Waals surface area contributed by atoms with E-state index in [1.807, 2.05) is 12.1 Å². The summed E-state index contributed by atoms with van der Waals surface area (Å²) >= 11 is 0. The van der Waals surface area contributed by atoms with E-state index in [1.54, 1.807) is 0 Å². The molecule has 0 bridgehead atoms. The minimum atomic E-state index is 0.545. The third kappa shape index (κ3) is 5.09. The van der Waals surface area contributed by atoms with Gasteiger partial charge in [-0.25, -0.2) is 4.98 Å². The Labute approximate surface area is 366 Å². The third-order valence-electron chi connectivity index (χ3n) is 13.2.